The van der Waals surface area contributed by atoms with E-state index >= 15 is 0 Å². The molecule has 5 nitrogen and oxygen atoms in total. The fraction of sp³-hybridized carbons (Fsp3) is 0.0800. The number of hydrogen-bond acceptors (Lipinski definition) is 5. The molecule has 0 amide bonds. The van der Waals surface area contributed by atoms with Gasteiger partial charge in [0.25, 0.3) is 0 Å². The summed E-state index contributed by atoms with van der Waals surface area (Å²) in [4.78, 5) is 11.7. The van der Waals surface area contributed by atoms with Crippen LogP contribution in [-0.2, 0) is 19.7 Å². The Labute approximate surface area is 198 Å². The van der Waals surface area contributed by atoms with Gasteiger partial charge in [0.05, 0.1) is 5.02 Å². The van der Waals surface area contributed by atoms with Gasteiger partial charge in [-0.15, -0.1) is 0 Å². The van der Waals surface area contributed by atoms with Gasteiger partial charge < -0.3 is 0 Å². The Morgan fingerprint density at radius 2 is 1.21 bits per heavy atom. The number of rotatable bonds is 8. The van der Waals surface area contributed by atoms with Crippen LogP contribution in [0.4, 0.5) is 0 Å². The maximum atomic E-state index is 13.3. The van der Waals surface area contributed by atoms with Gasteiger partial charge in [0.2, 0.25) is 0 Å². The van der Waals surface area contributed by atoms with Crippen LogP contribution in [0.5, 0.6) is 0 Å². The van der Waals surface area contributed by atoms with E-state index in [9.17, 15) is 21.6 Å². The predicted octanol–water partition coefficient (Wildman–Crippen LogP) is 5.71. The van der Waals surface area contributed by atoms with Gasteiger partial charge in [-0.05, 0) is 47.9 Å². The lowest BCUT2D eigenvalue weighted by Gasteiger charge is -2.16. The summed E-state index contributed by atoms with van der Waals surface area (Å²) in [5, 5.41) is 1.75. The van der Waals surface area contributed by atoms with Crippen LogP contribution in [0.15, 0.2) is 89.7 Å². The molecular formula is C25H21ClO5S2. The third-order valence-electron chi connectivity index (χ3n) is 4.74. The van der Waals surface area contributed by atoms with Crippen molar-refractivity contribution in [2.24, 2.45) is 0 Å². The monoisotopic (exact) mass is 500 g/mol. The maximum Gasteiger partial charge on any atom is 0.195 e. The lowest BCUT2D eigenvalue weighted by atomic mass is 10.1. The summed E-state index contributed by atoms with van der Waals surface area (Å²) in [5.41, 5.74) is 1.32. The predicted molar refractivity (Wildman–Crippen MR) is 133 cm³/mol. The summed E-state index contributed by atoms with van der Waals surface area (Å²) in [6.45, 7) is 1.32. The Morgan fingerprint density at radius 3 is 1.61 bits per heavy atom. The molecule has 0 aliphatic heterocycles. The van der Waals surface area contributed by atoms with Crippen LogP contribution in [0.25, 0.3) is 12.2 Å². The topological polar surface area (TPSA) is 85.3 Å². The maximum absolute atomic E-state index is 13.3. The highest BCUT2D eigenvalue weighted by Gasteiger charge is 2.36. The molecule has 0 saturated heterocycles. The van der Waals surface area contributed by atoms with Crippen LogP contribution in [0, 0.1) is 0 Å². The van der Waals surface area contributed by atoms with Crippen molar-refractivity contribution >= 4 is 49.2 Å². The van der Waals surface area contributed by atoms with Crippen LogP contribution in [0.1, 0.15) is 38.6 Å². The van der Waals surface area contributed by atoms with Crippen molar-refractivity contribution < 1.29 is 21.6 Å². The van der Waals surface area contributed by atoms with Gasteiger partial charge in [-0.3, -0.25) is 4.79 Å². The van der Waals surface area contributed by atoms with Crippen LogP contribution < -0.4 is 0 Å². The van der Waals surface area contributed by atoms with E-state index in [0.717, 1.165) is 10.8 Å². The van der Waals surface area contributed by atoms with Gasteiger partial charge in [0.1, 0.15) is 0 Å². The first-order chi connectivity index (χ1) is 15.6. The molecule has 0 saturated carbocycles. The van der Waals surface area contributed by atoms with E-state index < -0.39 is 24.3 Å². The number of benzene rings is 3. The molecule has 3 rings (SSSR count). The van der Waals surface area contributed by atoms with E-state index in [1.54, 1.807) is 60.7 Å². The summed E-state index contributed by atoms with van der Waals surface area (Å²) in [5.74, 6) is -0.318. The van der Waals surface area contributed by atoms with E-state index in [4.69, 9.17) is 11.6 Å². The van der Waals surface area contributed by atoms with Crippen molar-refractivity contribution in [1.29, 1.82) is 0 Å². The molecule has 0 atom stereocenters. The second-order valence-electron chi connectivity index (χ2n) is 7.23. The molecule has 3 aromatic rings. The number of halogens is 1. The zero-order chi connectivity index (χ0) is 24.1. The van der Waals surface area contributed by atoms with E-state index in [0.29, 0.717) is 11.1 Å². The summed E-state index contributed by atoms with van der Waals surface area (Å²) in [7, 11) is -8.70. The number of carbonyl (C=O) groups excluding carboxylic acids is 1. The van der Waals surface area contributed by atoms with Crippen molar-refractivity contribution in [3.05, 3.63) is 117 Å². The molecule has 3 aromatic carbocycles. The first-order valence-corrected chi connectivity index (χ1v) is 13.4. The molecule has 33 heavy (non-hydrogen) atoms. The number of Topliss-reactive ketones (excluding diaryl/α,β-unsaturated/α-hetero) is 1. The quantitative estimate of drug-likeness (QED) is 0.369. The standard InChI is InChI=1S/C25H21ClO5S2/c1-19(27)23-13-12-22(18-24(23)26)25(32(28,29)16-14-20-8-4-2-5-9-20)33(30,31)17-15-21-10-6-3-7-11-21/h2-18,25H,1H3. The molecule has 0 unspecified atom stereocenters. The fourth-order valence-corrected chi connectivity index (χ4v) is 7.38. The van der Waals surface area contributed by atoms with Crippen LogP contribution in [-0.4, -0.2) is 22.6 Å². The summed E-state index contributed by atoms with van der Waals surface area (Å²) in [6.07, 6.45) is 2.68. The van der Waals surface area contributed by atoms with Gasteiger partial charge in [-0.2, -0.15) is 0 Å². The number of hydrogen-bond donors (Lipinski definition) is 0. The van der Waals surface area contributed by atoms with Crippen molar-refractivity contribution in [1.82, 2.24) is 0 Å². The van der Waals surface area contributed by atoms with Gasteiger partial charge in [0.15, 0.2) is 30.0 Å². The molecule has 0 N–H and O–H groups in total. The molecule has 0 aromatic heterocycles. The second kappa shape index (κ2) is 10.3. The molecule has 0 aliphatic rings. The van der Waals surface area contributed by atoms with Gasteiger partial charge >= 0.3 is 0 Å². The molecule has 8 heteroatoms. The minimum atomic E-state index is -4.35. The first-order valence-electron chi connectivity index (χ1n) is 9.84. The Kier molecular flexibility index (Phi) is 7.68. The molecule has 0 aliphatic carbocycles. The van der Waals surface area contributed by atoms with Crippen molar-refractivity contribution in [2.45, 2.75) is 11.5 Å². The van der Waals surface area contributed by atoms with E-state index in [1.807, 2.05) is 0 Å². The average Bonchev–Trinajstić information content (AvgIpc) is 2.77. The minimum absolute atomic E-state index is 0.0190. The van der Waals surface area contributed by atoms with Crippen LogP contribution >= 0.6 is 11.6 Å². The smallest absolute Gasteiger partial charge is 0.195 e. The third-order valence-corrected chi connectivity index (χ3v) is 9.43. The van der Waals surface area contributed by atoms with Crippen molar-refractivity contribution in [2.75, 3.05) is 0 Å². The molecule has 0 fully saturated rings. The van der Waals surface area contributed by atoms with Crippen LogP contribution in [0.2, 0.25) is 5.02 Å². The Bertz CT molecular complexity index is 1330. The third kappa shape index (κ3) is 6.28. The number of carbonyl (C=O) groups is 1. The molecule has 170 valence electrons. The largest absolute Gasteiger partial charge is 0.294 e. The zero-order valence-electron chi connectivity index (χ0n) is 17.6. The molecular weight excluding hydrogens is 480 g/mol. The lowest BCUT2D eigenvalue weighted by molar-refractivity contribution is 0.101. The minimum Gasteiger partial charge on any atom is -0.294 e. The highest BCUT2D eigenvalue weighted by molar-refractivity contribution is 8.11. The summed E-state index contributed by atoms with van der Waals surface area (Å²) < 4.78 is 51.2. The molecule has 0 heterocycles. The van der Waals surface area contributed by atoms with E-state index in [2.05, 4.69) is 0 Å². The molecule has 0 bridgehead atoms. The Morgan fingerprint density at radius 1 is 0.758 bits per heavy atom. The summed E-state index contributed by atoms with van der Waals surface area (Å²) >= 11 is 6.17. The normalized spacial score (nSPS) is 13.4. The van der Waals surface area contributed by atoms with Crippen molar-refractivity contribution in [3.8, 4) is 0 Å². The average molecular weight is 501 g/mol. The second-order valence-corrected chi connectivity index (χ2v) is 11.8. The SMILES string of the molecule is CC(=O)c1ccc(C(S(=O)(=O)C=Cc2ccccc2)S(=O)(=O)C=Cc2ccccc2)cc1Cl. The Balaban J connectivity index is 2.11. The highest BCUT2D eigenvalue weighted by atomic mass is 35.5. The van der Waals surface area contributed by atoms with E-state index in [-0.39, 0.29) is 21.9 Å². The lowest BCUT2D eigenvalue weighted by Crippen LogP contribution is -2.20. The van der Waals surface area contributed by atoms with Gasteiger partial charge in [-0.1, -0.05) is 78.3 Å². The van der Waals surface area contributed by atoms with Gasteiger partial charge in [0, 0.05) is 16.4 Å². The molecule has 0 radical (unpaired) electrons. The number of ketones is 1. The zero-order valence-corrected chi connectivity index (χ0v) is 20.0. The first kappa shape index (κ1) is 24.6. The molecule has 0 spiro atoms. The Hall–Kier alpha value is -3.00. The highest BCUT2D eigenvalue weighted by Crippen LogP contribution is 2.34. The number of sulfone groups is 2. The summed E-state index contributed by atoms with van der Waals surface area (Å²) in [6, 6.07) is 21.2. The van der Waals surface area contributed by atoms with E-state index in [1.165, 1.54) is 37.3 Å². The van der Waals surface area contributed by atoms with Gasteiger partial charge in [-0.25, -0.2) is 16.8 Å². The van der Waals surface area contributed by atoms with Crippen LogP contribution in [0.3, 0.4) is 0 Å². The fourth-order valence-electron chi connectivity index (χ4n) is 3.15. The van der Waals surface area contributed by atoms with Crippen molar-refractivity contribution in [3.63, 3.8) is 0 Å².